The lowest BCUT2D eigenvalue weighted by atomic mass is 9.94. The number of allylic oxidation sites excluding steroid dienone is 6. The van der Waals surface area contributed by atoms with E-state index >= 15 is 0 Å². The van der Waals surface area contributed by atoms with Crippen LogP contribution < -0.4 is 0 Å². The molecule has 0 aromatic heterocycles. The summed E-state index contributed by atoms with van der Waals surface area (Å²) < 4.78 is 5.36. The Bertz CT molecular complexity index is 604. The Kier molecular flexibility index (Phi) is 8.96. The number of likely N-dealkylation sites (N-methyl/N-ethyl adjacent to an activating group) is 1. The average Bonchev–Trinajstić information content (AvgIpc) is 2.50. The fraction of sp³-hybridized carbons (Fsp3) is 0.500. The SMILES string of the molecule is C=C/C=C(C(\C)=C/C)/C(C)=C(/CN(CC)C(=O)OC(C)(C)C)C(=O)O. The highest BCUT2D eigenvalue weighted by molar-refractivity contribution is 5.90. The van der Waals surface area contributed by atoms with Crippen molar-refractivity contribution in [1.82, 2.24) is 4.90 Å². The molecule has 0 aliphatic rings. The molecule has 0 atom stereocenters. The molecule has 0 fully saturated rings. The van der Waals surface area contributed by atoms with Crippen LogP contribution in [-0.2, 0) is 9.53 Å². The molecule has 1 N–H and O–H groups in total. The van der Waals surface area contributed by atoms with Gasteiger partial charge >= 0.3 is 12.1 Å². The van der Waals surface area contributed by atoms with Crippen LogP contribution in [0.3, 0.4) is 0 Å². The van der Waals surface area contributed by atoms with Crippen molar-refractivity contribution in [3.05, 3.63) is 47.1 Å². The van der Waals surface area contributed by atoms with Crippen LogP contribution in [0.5, 0.6) is 0 Å². The third-order valence-electron chi connectivity index (χ3n) is 3.64. The van der Waals surface area contributed by atoms with Crippen LogP contribution in [0.4, 0.5) is 4.79 Å². The standard InChI is InChI=1S/C20H31NO4/c1-9-12-16(14(4)10-2)15(5)17(18(22)23)13-21(11-3)19(24)25-20(6,7)8/h9-10,12H,1,11,13H2,2-8H3,(H,22,23)/b14-10-,16-12+,17-15-. The molecule has 0 heterocycles. The molecule has 25 heavy (non-hydrogen) atoms. The van der Waals surface area contributed by atoms with Crippen molar-refractivity contribution in [2.45, 2.75) is 54.1 Å². The van der Waals surface area contributed by atoms with Crippen LogP contribution in [0.15, 0.2) is 47.1 Å². The van der Waals surface area contributed by atoms with Gasteiger partial charge in [-0.1, -0.05) is 24.8 Å². The first-order valence-corrected chi connectivity index (χ1v) is 8.35. The minimum atomic E-state index is -1.06. The van der Waals surface area contributed by atoms with E-state index in [4.69, 9.17) is 4.74 Å². The number of carbonyl (C=O) groups is 2. The van der Waals surface area contributed by atoms with Gasteiger partial charge in [0.25, 0.3) is 0 Å². The summed E-state index contributed by atoms with van der Waals surface area (Å²) in [4.78, 5) is 25.5. The number of rotatable bonds is 7. The fourth-order valence-electron chi connectivity index (χ4n) is 2.16. The molecule has 0 rings (SSSR count). The number of nitrogens with zero attached hydrogens (tertiary/aromatic N) is 1. The first kappa shape index (κ1) is 22.7. The van der Waals surface area contributed by atoms with Crippen LogP contribution in [0.1, 0.15) is 48.5 Å². The van der Waals surface area contributed by atoms with Crippen molar-refractivity contribution in [1.29, 1.82) is 0 Å². The van der Waals surface area contributed by atoms with E-state index in [2.05, 4.69) is 6.58 Å². The Morgan fingerprint density at radius 2 is 1.80 bits per heavy atom. The molecule has 5 nitrogen and oxygen atoms in total. The molecule has 0 aromatic rings. The van der Waals surface area contributed by atoms with Crippen molar-refractivity contribution < 1.29 is 19.4 Å². The van der Waals surface area contributed by atoms with E-state index in [1.165, 1.54) is 4.90 Å². The molecule has 0 aliphatic carbocycles. The summed E-state index contributed by atoms with van der Waals surface area (Å²) in [5, 5.41) is 9.66. The molecular weight excluding hydrogens is 318 g/mol. The number of carbonyl (C=O) groups excluding carboxylic acids is 1. The van der Waals surface area contributed by atoms with Gasteiger partial charge in [-0.3, -0.25) is 0 Å². The number of ether oxygens (including phenoxy) is 1. The van der Waals surface area contributed by atoms with Crippen molar-refractivity contribution in [2.75, 3.05) is 13.1 Å². The summed E-state index contributed by atoms with van der Waals surface area (Å²) in [6.45, 7) is 16.7. The topological polar surface area (TPSA) is 66.8 Å². The minimum Gasteiger partial charge on any atom is -0.478 e. The summed E-state index contributed by atoms with van der Waals surface area (Å²) in [5.41, 5.74) is 1.85. The predicted octanol–water partition coefficient (Wildman–Crippen LogP) is 4.72. The molecule has 0 aromatic carbocycles. The maximum absolute atomic E-state index is 12.3. The number of carboxylic acid groups (broad SMARTS) is 1. The maximum Gasteiger partial charge on any atom is 0.410 e. The predicted molar refractivity (Wildman–Crippen MR) is 102 cm³/mol. The highest BCUT2D eigenvalue weighted by atomic mass is 16.6. The summed E-state index contributed by atoms with van der Waals surface area (Å²) in [7, 11) is 0. The first-order valence-electron chi connectivity index (χ1n) is 8.35. The van der Waals surface area contributed by atoms with Crippen LogP contribution in [0.25, 0.3) is 0 Å². The summed E-state index contributed by atoms with van der Waals surface area (Å²) >= 11 is 0. The van der Waals surface area contributed by atoms with Crippen molar-refractivity contribution in [3.8, 4) is 0 Å². The van der Waals surface area contributed by atoms with Crippen LogP contribution in [-0.4, -0.2) is 40.8 Å². The van der Waals surface area contributed by atoms with Gasteiger partial charge in [-0.15, -0.1) is 0 Å². The Morgan fingerprint density at radius 3 is 2.16 bits per heavy atom. The van der Waals surface area contributed by atoms with Gasteiger partial charge in [0, 0.05) is 6.54 Å². The van der Waals surface area contributed by atoms with Crippen LogP contribution in [0, 0.1) is 0 Å². The van der Waals surface area contributed by atoms with E-state index in [1.54, 1.807) is 46.8 Å². The molecule has 0 spiro atoms. The zero-order valence-electron chi connectivity index (χ0n) is 16.5. The molecule has 0 saturated carbocycles. The molecule has 0 radical (unpaired) electrons. The van der Waals surface area contributed by atoms with Crippen LogP contribution in [0.2, 0.25) is 0 Å². The fourth-order valence-corrected chi connectivity index (χ4v) is 2.16. The lowest BCUT2D eigenvalue weighted by Crippen LogP contribution is -2.39. The Balaban J connectivity index is 5.88. The molecular formula is C20H31NO4. The maximum atomic E-state index is 12.3. The van der Waals surface area contributed by atoms with Crippen molar-refractivity contribution in [3.63, 3.8) is 0 Å². The van der Waals surface area contributed by atoms with Gasteiger partial charge in [0.1, 0.15) is 5.60 Å². The van der Waals surface area contributed by atoms with Gasteiger partial charge in [0.05, 0.1) is 12.1 Å². The third-order valence-corrected chi connectivity index (χ3v) is 3.64. The number of aliphatic carboxylic acids is 1. The highest BCUT2D eigenvalue weighted by Crippen LogP contribution is 2.23. The number of hydrogen-bond donors (Lipinski definition) is 1. The van der Waals surface area contributed by atoms with Gasteiger partial charge in [-0.2, -0.15) is 0 Å². The summed E-state index contributed by atoms with van der Waals surface area (Å²) in [6, 6.07) is 0. The average molecular weight is 349 g/mol. The van der Waals surface area contributed by atoms with Gasteiger partial charge in [0.2, 0.25) is 0 Å². The summed E-state index contributed by atoms with van der Waals surface area (Å²) in [6.07, 6.45) is 4.77. The Labute approximate surface area is 151 Å². The quantitative estimate of drug-likeness (QED) is 0.533. The lowest BCUT2D eigenvalue weighted by molar-refractivity contribution is -0.132. The normalized spacial score (nSPS) is 13.9. The van der Waals surface area contributed by atoms with Crippen molar-refractivity contribution in [2.24, 2.45) is 0 Å². The van der Waals surface area contributed by atoms with E-state index in [0.29, 0.717) is 12.1 Å². The monoisotopic (exact) mass is 349 g/mol. The first-order chi connectivity index (χ1) is 11.5. The number of hydrogen-bond acceptors (Lipinski definition) is 3. The molecule has 0 unspecified atom stereocenters. The Morgan fingerprint density at radius 1 is 1.24 bits per heavy atom. The second kappa shape index (κ2) is 9.87. The van der Waals surface area contributed by atoms with E-state index in [0.717, 1.165) is 11.1 Å². The molecule has 0 aliphatic heterocycles. The number of carboxylic acids is 1. The van der Waals surface area contributed by atoms with Gasteiger partial charge < -0.3 is 14.7 Å². The minimum absolute atomic E-state index is 0.0297. The van der Waals surface area contributed by atoms with E-state index < -0.39 is 17.7 Å². The third kappa shape index (κ3) is 7.42. The largest absolute Gasteiger partial charge is 0.478 e. The van der Waals surface area contributed by atoms with Gasteiger partial charge in [-0.05, 0) is 65.2 Å². The zero-order valence-corrected chi connectivity index (χ0v) is 16.5. The van der Waals surface area contributed by atoms with E-state index in [1.807, 2.05) is 19.9 Å². The smallest absolute Gasteiger partial charge is 0.410 e. The zero-order chi connectivity index (χ0) is 19.8. The highest BCUT2D eigenvalue weighted by Gasteiger charge is 2.25. The van der Waals surface area contributed by atoms with Gasteiger partial charge in [-0.25, -0.2) is 9.59 Å². The second-order valence-corrected chi connectivity index (χ2v) is 6.69. The summed E-state index contributed by atoms with van der Waals surface area (Å²) in [5.74, 6) is -1.06. The molecule has 1 amide bonds. The molecule has 5 heteroatoms. The molecule has 0 saturated heterocycles. The van der Waals surface area contributed by atoms with E-state index in [9.17, 15) is 14.7 Å². The number of amides is 1. The van der Waals surface area contributed by atoms with E-state index in [-0.39, 0.29) is 12.1 Å². The van der Waals surface area contributed by atoms with Crippen molar-refractivity contribution >= 4 is 12.1 Å². The van der Waals surface area contributed by atoms with Gasteiger partial charge in [0.15, 0.2) is 0 Å². The molecule has 140 valence electrons. The molecule has 0 bridgehead atoms. The van der Waals surface area contributed by atoms with Crippen LogP contribution >= 0.6 is 0 Å². The second-order valence-electron chi connectivity index (χ2n) is 6.69. The Hall–Kier alpha value is -2.30. The lowest BCUT2D eigenvalue weighted by Gasteiger charge is -2.27.